The van der Waals surface area contributed by atoms with Gasteiger partial charge < -0.3 is 5.32 Å². The molecule has 0 radical (unpaired) electrons. The fraction of sp³-hybridized carbons (Fsp3) is 0.857. The summed E-state index contributed by atoms with van der Waals surface area (Å²) < 4.78 is 0. The van der Waals surface area contributed by atoms with E-state index in [-0.39, 0.29) is 0 Å². The molecule has 0 saturated heterocycles. The van der Waals surface area contributed by atoms with Crippen LogP contribution in [0.4, 0.5) is 0 Å². The second-order valence-electron chi connectivity index (χ2n) is 5.52. The zero-order chi connectivity index (χ0) is 10.5. The number of hydrogen-bond donors (Lipinski definition) is 1. The normalized spacial score (nSPS) is 36.7. The van der Waals surface area contributed by atoms with Gasteiger partial charge in [0.1, 0.15) is 0 Å². The number of allylic oxidation sites excluding steroid dienone is 2. The van der Waals surface area contributed by atoms with E-state index in [0.29, 0.717) is 0 Å². The first kappa shape index (κ1) is 11.2. The molecule has 1 heteroatoms. The van der Waals surface area contributed by atoms with E-state index in [1.165, 1.54) is 51.5 Å². The predicted molar refractivity (Wildman–Crippen MR) is 65.9 cm³/mol. The lowest BCUT2D eigenvalue weighted by Crippen LogP contribution is -2.36. The SMILES string of the molecule is CC1CCC(NCC2CC=CCC2)CC1. The largest absolute Gasteiger partial charge is 0.314 e. The summed E-state index contributed by atoms with van der Waals surface area (Å²) in [5.74, 6) is 1.88. The van der Waals surface area contributed by atoms with Gasteiger partial charge in [0.25, 0.3) is 0 Å². The van der Waals surface area contributed by atoms with E-state index >= 15 is 0 Å². The van der Waals surface area contributed by atoms with Gasteiger partial charge in [-0.15, -0.1) is 0 Å². The second-order valence-corrected chi connectivity index (χ2v) is 5.52. The van der Waals surface area contributed by atoms with Crippen molar-refractivity contribution in [3.8, 4) is 0 Å². The minimum absolute atomic E-state index is 0.826. The lowest BCUT2D eigenvalue weighted by atomic mass is 9.86. The molecule has 1 unspecified atom stereocenters. The molecule has 0 aromatic rings. The van der Waals surface area contributed by atoms with Gasteiger partial charge in [0.15, 0.2) is 0 Å². The highest BCUT2D eigenvalue weighted by molar-refractivity contribution is 4.91. The van der Waals surface area contributed by atoms with Crippen LogP contribution in [-0.2, 0) is 0 Å². The third-order valence-electron chi connectivity index (χ3n) is 4.09. The standard InChI is InChI=1S/C14H25N/c1-12-7-9-14(10-8-12)15-11-13-5-3-2-4-6-13/h2-3,12-15H,4-11H2,1H3. The van der Waals surface area contributed by atoms with Crippen LogP contribution in [0.1, 0.15) is 51.9 Å². The number of rotatable bonds is 3. The molecule has 1 fully saturated rings. The van der Waals surface area contributed by atoms with Crippen LogP contribution in [0.25, 0.3) is 0 Å². The van der Waals surface area contributed by atoms with Crippen molar-refractivity contribution in [1.29, 1.82) is 0 Å². The lowest BCUT2D eigenvalue weighted by Gasteiger charge is -2.29. The Morgan fingerprint density at radius 2 is 1.87 bits per heavy atom. The molecule has 0 aromatic heterocycles. The van der Waals surface area contributed by atoms with Crippen molar-refractivity contribution in [2.45, 2.75) is 57.9 Å². The van der Waals surface area contributed by atoms with Gasteiger partial charge in [-0.05, 0) is 63.3 Å². The number of hydrogen-bond acceptors (Lipinski definition) is 1. The summed E-state index contributed by atoms with van der Waals surface area (Å²) in [7, 11) is 0. The van der Waals surface area contributed by atoms with Gasteiger partial charge in [0.2, 0.25) is 0 Å². The lowest BCUT2D eigenvalue weighted by molar-refractivity contribution is 0.290. The Morgan fingerprint density at radius 1 is 1.07 bits per heavy atom. The van der Waals surface area contributed by atoms with E-state index < -0.39 is 0 Å². The smallest absolute Gasteiger partial charge is 0.00673 e. The van der Waals surface area contributed by atoms with Crippen molar-refractivity contribution in [1.82, 2.24) is 5.32 Å². The molecule has 0 spiro atoms. The molecule has 1 atom stereocenters. The van der Waals surface area contributed by atoms with Crippen LogP contribution >= 0.6 is 0 Å². The van der Waals surface area contributed by atoms with E-state index in [4.69, 9.17) is 0 Å². The molecule has 0 heterocycles. The van der Waals surface area contributed by atoms with Gasteiger partial charge in [0.05, 0.1) is 0 Å². The molecule has 0 aromatic carbocycles. The molecule has 2 aliphatic rings. The molecule has 86 valence electrons. The molecule has 0 bridgehead atoms. The van der Waals surface area contributed by atoms with Gasteiger partial charge >= 0.3 is 0 Å². The molecular formula is C14H25N. The third-order valence-corrected chi connectivity index (χ3v) is 4.09. The summed E-state index contributed by atoms with van der Waals surface area (Å²) in [6, 6.07) is 0.826. The van der Waals surface area contributed by atoms with E-state index in [9.17, 15) is 0 Å². The van der Waals surface area contributed by atoms with E-state index in [0.717, 1.165) is 17.9 Å². The minimum atomic E-state index is 0.826. The van der Waals surface area contributed by atoms with Crippen molar-refractivity contribution < 1.29 is 0 Å². The molecule has 2 aliphatic carbocycles. The molecule has 0 amide bonds. The first-order valence-electron chi connectivity index (χ1n) is 6.73. The Balaban J connectivity index is 1.63. The van der Waals surface area contributed by atoms with Crippen LogP contribution in [0.2, 0.25) is 0 Å². The van der Waals surface area contributed by atoms with Gasteiger partial charge in [-0.2, -0.15) is 0 Å². The Hall–Kier alpha value is -0.300. The highest BCUT2D eigenvalue weighted by Gasteiger charge is 2.18. The molecule has 15 heavy (non-hydrogen) atoms. The fourth-order valence-electron chi connectivity index (χ4n) is 2.84. The summed E-state index contributed by atoms with van der Waals surface area (Å²) in [4.78, 5) is 0. The average molecular weight is 207 g/mol. The van der Waals surface area contributed by atoms with Crippen molar-refractivity contribution >= 4 is 0 Å². The Morgan fingerprint density at radius 3 is 2.53 bits per heavy atom. The molecule has 1 saturated carbocycles. The van der Waals surface area contributed by atoms with Crippen LogP contribution < -0.4 is 5.32 Å². The zero-order valence-corrected chi connectivity index (χ0v) is 10.0. The van der Waals surface area contributed by atoms with E-state index in [2.05, 4.69) is 24.4 Å². The van der Waals surface area contributed by atoms with Gasteiger partial charge in [-0.25, -0.2) is 0 Å². The highest BCUT2D eigenvalue weighted by Crippen LogP contribution is 2.24. The molecular weight excluding hydrogens is 182 g/mol. The molecule has 1 nitrogen and oxygen atoms in total. The summed E-state index contributed by atoms with van der Waals surface area (Å²) in [6.45, 7) is 3.64. The summed E-state index contributed by atoms with van der Waals surface area (Å²) >= 11 is 0. The van der Waals surface area contributed by atoms with Gasteiger partial charge in [-0.3, -0.25) is 0 Å². The van der Waals surface area contributed by atoms with Gasteiger partial charge in [0, 0.05) is 6.04 Å². The second kappa shape index (κ2) is 5.69. The molecule has 2 rings (SSSR count). The fourth-order valence-corrected chi connectivity index (χ4v) is 2.84. The van der Waals surface area contributed by atoms with Crippen LogP contribution in [-0.4, -0.2) is 12.6 Å². The third kappa shape index (κ3) is 3.64. The van der Waals surface area contributed by atoms with Crippen molar-refractivity contribution in [2.75, 3.05) is 6.54 Å². The van der Waals surface area contributed by atoms with Crippen LogP contribution in [0.5, 0.6) is 0 Å². The zero-order valence-electron chi connectivity index (χ0n) is 10.0. The number of nitrogens with one attached hydrogen (secondary N) is 1. The summed E-state index contributed by atoms with van der Waals surface area (Å²) in [5, 5.41) is 3.78. The molecule has 1 N–H and O–H groups in total. The molecule has 0 aliphatic heterocycles. The first-order valence-corrected chi connectivity index (χ1v) is 6.73. The van der Waals surface area contributed by atoms with E-state index in [1.807, 2.05) is 0 Å². The Kier molecular flexibility index (Phi) is 4.25. The summed E-state index contributed by atoms with van der Waals surface area (Å²) in [6.07, 6.45) is 14.4. The topological polar surface area (TPSA) is 12.0 Å². The quantitative estimate of drug-likeness (QED) is 0.698. The van der Waals surface area contributed by atoms with E-state index in [1.54, 1.807) is 0 Å². The average Bonchev–Trinajstić information content (AvgIpc) is 2.30. The first-order chi connectivity index (χ1) is 7.34. The van der Waals surface area contributed by atoms with Crippen LogP contribution in [0.3, 0.4) is 0 Å². The van der Waals surface area contributed by atoms with Gasteiger partial charge in [-0.1, -0.05) is 19.1 Å². The highest BCUT2D eigenvalue weighted by atomic mass is 14.9. The monoisotopic (exact) mass is 207 g/mol. The Bertz CT molecular complexity index is 201. The summed E-state index contributed by atoms with van der Waals surface area (Å²) in [5.41, 5.74) is 0. The Labute approximate surface area is 94.3 Å². The maximum atomic E-state index is 3.78. The van der Waals surface area contributed by atoms with Crippen molar-refractivity contribution in [3.63, 3.8) is 0 Å². The predicted octanol–water partition coefficient (Wildman–Crippen LogP) is 3.51. The van der Waals surface area contributed by atoms with Crippen LogP contribution in [0, 0.1) is 11.8 Å². The maximum absolute atomic E-state index is 3.78. The maximum Gasteiger partial charge on any atom is 0.00673 e. The van der Waals surface area contributed by atoms with Crippen molar-refractivity contribution in [3.05, 3.63) is 12.2 Å². The van der Waals surface area contributed by atoms with Crippen molar-refractivity contribution in [2.24, 2.45) is 11.8 Å². The van der Waals surface area contributed by atoms with Crippen LogP contribution in [0.15, 0.2) is 12.2 Å². The minimum Gasteiger partial charge on any atom is -0.314 e.